The van der Waals surface area contributed by atoms with E-state index in [-0.39, 0.29) is 5.91 Å². The number of amides is 1. The summed E-state index contributed by atoms with van der Waals surface area (Å²) in [4.78, 5) is 13.9. The van der Waals surface area contributed by atoms with Crippen molar-refractivity contribution in [3.05, 3.63) is 64.2 Å². The molecule has 2 N–H and O–H groups in total. The lowest BCUT2D eigenvalue weighted by Crippen LogP contribution is -2.26. The molecular weight excluding hydrogens is 286 g/mol. The molecule has 5 heteroatoms. The van der Waals surface area contributed by atoms with E-state index in [1.807, 2.05) is 12.1 Å². The molecule has 0 spiro atoms. The second-order valence-electron chi connectivity index (χ2n) is 4.71. The van der Waals surface area contributed by atoms with Gasteiger partial charge in [0.15, 0.2) is 0 Å². The number of carbonyl (C=O) groups is 1. The third-order valence-electron chi connectivity index (χ3n) is 3.09. The van der Waals surface area contributed by atoms with Crippen LogP contribution in [0, 0.1) is 11.3 Å². The summed E-state index contributed by atoms with van der Waals surface area (Å²) in [6, 6.07) is 14.0. The van der Waals surface area contributed by atoms with Crippen LogP contribution in [-0.2, 0) is 6.54 Å². The Hall–Kier alpha value is -2.51. The number of benzene rings is 2. The topological polar surface area (TPSA) is 70.1 Å². The summed E-state index contributed by atoms with van der Waals surface area (Å²) >= 11 is 5.85. The standard InChI is InChI=1S/C16H14ClN3O/c1-20(10-12-4-2-11(9-18)3-5-12)16(21)13-6-7-14(17)15(19)8-13/h2-8H,10,19H2,1H3. The smallest absolute Gasteiger partial charge is 0.253 e. The van der Waals surface area contributed by atoms with Crippen molar-refractivity contribution < 1.29 is 4.79 Å². The van der Waals surface area contributed by atoms with Gasteiger partial charge in [-0.1, -0.05) is 23.7 Å². The van der Waals surface area contributed by atoms with Gasteiger partial charge in [0, 0.05) is 19.2 Å². The highest BCUT2D eigenvalue weighted by atomic mass is 35.5. The summed E-state index contributed by atoms with van der Waals surface area (Å²) in [7, 11) is 1.71. The van der Waals surface area contributed by atoms with Gasteiger partial charge in [-0.3, -0.25) is 4.79 Å². The fourth-order valence-corrected chi connectivity index (χ4v) is 2.05. The molecule has 0 atom stereocenters. The average molecular weight is 300 g/mol. The monoisotopic (exact) mass is 299 g/mol. The minimum Gasteiger partial charge on any atom is -0.398 e. The van der Waals surface area contributed by atoms with Gasteiger partial charge in [-0.2, -0.15) is 5.26 Å². The number of nitrogen functional groups attached to an aromatic ring is 1. The largest absolute Gasteiger partial charge is 0.398 e. The van der Waals surface area contributed by atoms with E-state index in [2.05, 4.69) is 6.07 Å². The van der Waals surface area contributed by atoms with Gasteiger partial charge in [0.1, 0.15) is 0 Å². The molecule has 0 saturated carbocycles. The van der Waals surface area contributed by atoms with Crippen LogP contribution in [0.4, 0.5) is 5.69 Å². The fourth-order valence-electron chi connectivity index (χ4n) is 1.93. The fraction of sp³-hybridized carbons (Fsp3) is 0.125. The zero-order valence-electron chi connectivity index (χ0n) is 11.5. The molecule has 2 rings (SSSR count). The van der Waals surface area contributed by atoms with Crippen LogP contribution in [0.5, 0.6) is 0 Å². The van der Waals surface area contributed by atoms with E-state index in [4.69, 9.17) is 22.6 Å². The molecule has 0 bridgehead atoms. The van der Waals surface area contributed by atoms with Crippen molar-refractivity contribution in [3.8, 4) is 6.07 Å². The summed E-state index contributed by atoms with van der Waals surface area (Å²) in [6.07, 6.45) is 0. The number of rotatable bonds is 3. The highest BCUT2D eigenvalue weighted by molar-refractivity contribution is 6.33. The summed E-state index contributed by atoms with van der Waals surface area (Å²) in [5.74, 6) is -0.136. The van der Waals surface area contributed by atoms with Gasteiger partial charge in [-0.05, 0) is 35.9 Å². The molecule has 21 heavy (non-hydrogen) atoms. The molecule has 0 saturated heterocycles. The molecule has 0 unspecified atom stereocenters. The summed E-state index contributed by atoms with van der Waals surface area (Å²) < 4.78 is 0. The lowest BCUT2D eigenvalue weighted by molar-refractivity contribution is 0.0785. The van der Waals surface area contributed by atoms with Crippen molar-refractivity contribution in [1.29, 1.82) is 5.26 Å². The molecule has 1 amide bonds. The first-order chi connectivity index (χ1) is 10.0. The van der Waals surface area contributed by atoms with Gasteiger partial charge in [-0.25, -0.2) is 0 Å². The normalized spacial score (nSPS) is 9.95. The van der Waals surface area contributed by atoms with E-state index in [0.717, 1.165) is 5.56 Å². The second-order valence-corrected chi connectivity index (χ2v) is 5.11. The van der Waals surface area contributed by atoms with Gasteiger partial charge < -0.3 is 10.6 Å². The van der Waals surface area contributed by atoms with Crippen molar-refractivity contribution >= 4 is 23.2 Å². The number of hydrogen-bond donors (Lipinski definition) is 1. The number of nitriles is 1. The van der Waals surface area contributed by atoms with Gasteiger partial charge in [-0.15, -0.1) is 0 Å². The molecule has 0 radical (unpaired) electrons. The SMILES string of the molecule is CN(Cc1ccc(C#N)cc1)C(=O)c1ccc(Cl)c(N)c1. The predicted molar refractivity (Wildman–Crippen MR) is 82.8 cm³/mol. The molecule has 0 aromatic heterocycles. The number of carbonyl (C=O) groups excluding carboxylic acids is 1. The van der Waals surface area contributed by atoms with Crippen LogP contribution in [0.2, 0.25) is 5.02 Å². The van der Waals surface area contributed by atoms with E-state index in [1.165, 1.54) is 0 Å². The Bertz CT molecular complexity index is 704. The summed E-state index contributed by atoms with van der Waals surface area (Å²) in [5.41, 5.74) is 8.13. The number of nitrogens with zero attached hydrogens (tertiary/aromatic N) is 2. The van der Waals surface area contributed by atoms with Gasteiger partial charge >= 0.3 is 0 Å². The van der Waals surface area contributed by atoms with Crippen LogP contribution in [0.3, 0.4) is 0 Å². The lowest BCUT2D eigenvalue weighted by atomic mass is 10.1. The van der Waals surface area contributed by atoms with E-state index in [1.54, 1.807) is 42.3 Å². The highest BCUT2D eigenvalue weighted by Crippen LogP contribution is 2.20. The third-order valence-corrected chi connectivity index (χ3v) is 3.44. The van der Waals surface area contributed by atoms with Gasteiger partial charge in [0.05, 0.1) is 22.3 Å². The molecule has 2 aromatic rings. The maximum atomic E-state index is 12.3. The Morgan fingerprint density at radius 3 is 2.52 bits per heavy atom. The van der Waals surface area contributed by atoms with Crippen LogP contribution in [0.1, 0.15) is 21.5 Å². The molecule has 106 valence electrons. The minimum absolute atomic E-state index is 0.136. The predicted octanol–water partition coefficient (Wildman–Crippen LogP) is 3.07. The van der Waals surface area contributed by atoms with Crippen molar-refractivity contribution in [2.75, 3.05) is 12.8 Å². The maximum Gasteiger partial charge on any atom is 0.253 e. The van der Waals surface area contributed by atoms with Crippen LogP contribution >= 0.6 is 11.6 Å². The first-order valence-electron chi connectivity index (χ1n) is 6.31. The van der Waals surface area contributed by atoms with Crippen LogP contribution in [0.25, 0.3) is 0 Å². The van der Waals surface area contributed by atoms with Crippen molar-refractivity contribution in [3.63, 3.8) is 0 Å². The van der Waals surface area contributed by atoms with Crippen molar-refractivity contribution in [2.45, 2.75) is 6.54 Å². The zero-order valence-corrected chi connectivity index (χ0v) is 12.3. The Kier molecular flexibility index (Phi) is 4.46. The number of hydrogen-bond acceptors (Lipinski definition) is 3. The maximum absolute atomic E-state index is 12.3. The molecule has 2 aromatic carbocycles. The molecule has 0 aliphatic carbocycles. The van der Waals surface area contributed by atoms with Crippen LogP contribution in [0.15, 0.2) is 42.5 Å². The Morgan fingerprint density at radius 1 is 1.29 bits per heavy atom. The van der Waals surface area contributed by atoms with E-state index < -0.39 is 0 Å². The quantitative estimate of drug-likeness (QED) is 0.885. The van der Waals surface area contributed by atoms with Crippen LogP contribution in [-0.4, -0.2) is 17.9 Å². The number of halogens is 1. The molecule has 4 nitrogen and oxygen atoms in total. The Labute approximate surface area is 128 Å². The first kappa shape index (κ1) is 14.9. The molecule has 0 fully saturated rings. The Balaban J connectivity index is 2.11. The molecule has 0 heterocycles. The summed E-state index contributed by atoms with van der Waals surface area (Å²) in [6.45, 7) is 0.451. The second kappa shape index (κ2) is 6.29. The average Bonchev–Trinajstić information content (AvgIpc) is 2.50. The highest BCUT2D eigenvalue weighted by Gasteiger charge is 2.13. The minimum atomic E-state index is -0.136. The van der Waals surface area contributed by atoms with Gasteiger partial charge in [0.2, 0.25) is 0 Å². The van der Waals surface area contributed by atoms with Crippen LogP contribution < -0.4 is 5.73 Å². The number of anilines is 1. The molecule has 0 aliphatic rings. The lowest BCUT2D eigenvalue weighted by Gasteiger charge is -2.17. The first-order valence-corrected chi connectivity index (χ1v) is 6.68. The van der Waals surface area contributed by atoms with Gasteiger partial charge in [0.25, 0.3) is 5.91 Å². The van der Waals surface area contributed by atoms with E-state index in [0.29, 0.717) is 28.4 Å². The zero-order chi connectivity index (χ0) is 15.4. The Morgan fingerprint density at radius 2 is 1.95 bits per heavy atom. The third kappa shape index (κ3) is 3.53. The van der Waals surface area contributed by atoms with Crippen molar-refractivity contribution in [1.82, 2.24) is 4.90 Å². The molecule has 0 aliphatic heterocycles. The van der Waals surface area contributed by atoms with E-state index >= 15 is 0 Å². The van der Waals surface area contributed by atoms with E-state index in [9.17, 15) is 4.79 Å². The molecular formula is C16H14ClN3O. The summed E-state index contributed by atoms with van der Waals surface area (Å²) in [5, 5.41) is 9.19. The number of nitrogens with two attached hydrogens (primary N) is 1. The van der Waals surface area contributed by atoms with Crippen molar-refractivity contribution in [2.24, 2.45) is 0 Å².